The van der Waals surface area contributed by atoms with Crippen LogP contribution in [0.4, 0.5) is 0 Å². The number of hydrogen-bond acceptors (Lipinski definition) is 2. The van der Waals surface area contributed by atoms with Crippen molar-refractivity contribution >= 4 is 5.91 Å². The SMILES string of the molecule is CCCc1c(C(=O)N(C)Cc2ccccc2)cnn1Cc1ccccc1. The van der Waals surface area contributed by atoms with E-state index in [1.165, 1.54) is 5.56 Å². The van der Waals surface area contributed by atoms with Gasteiger partial charge in [-0.2, -0.15) is 5.10 Å². The first-order valence-corrected chi connectivity index (χ1v) is 9.07. The molecule has 0 N–H and O–H groups in total. The lowest BCUT2D eigenvalue weighted by Crippen LogP contribution is -2.27. The number of nitrogens with zero attached hydrogens (tertiary/aromatic N) is 3. The quantitative estimate of drug-likeness (QED) is 0.644. The van der Waals surface area contributed by atoms with Crippen LogP contribution in [0.3, 0.4) is 0 Å². The van der Waals surface area contributed by atoms with E-state index in [0.29, 0.717) is 18.7 Å². The molecule has 0 saturated heterocycles. The minimum atomic E-state index is 0.0246. The molecule has 0 saturated carbocycles. The first-order chi connectivity index (χ1) is 12.7. The van der Waals surface area contributed by atoms with Gasteiger partial charge in [-0.3, -0.25) is 9.48 Å². The van der Waals surface area contributed by atoms with Crippen LogP contribution in [0, 0.1) is 0 Å². The van der Waals surface area contributed by atoms with Crippen molar-refractivity contribution < 1.29 is 4.79 Å². The molecule has 2 aromatic carbocycles. The van der Waals surface area contributed by atoms with Gasteiger partial charge in [-0.05, 0) is 17.5 Å². The second kappa shape index (κ2) is 8.48. The summed E-state index contributed by atoms with van der Waals surface area (Å²) in [6, 6.07) is 20.3. The zero-order valence-electron chi connectivity index (χ0n) is 15.4. The van der Waals surface area contributed by atoms with Crippen molar-refractivity contribution in [2.75, 3.05) is 7.05 Å². The van der Waals surface area contributed by atoms with Gasteiger partial charge < -0.3 is 4.90 Å². The van der Waals surface area contributed by atoms with Gasteiger partial charge in [0.2, 0.25) is 0 Å². The van der Waals surface area contributed by atoms with Crippen LogP contribution in [0.1, 0.15) is 40.5 Å². The number of rotatable bonds is 7. The first-order valence-electron chi connectivity index (χ1n) is 9.07. The molecule has 0 fully saturated rings. The summed E-state index contributed by atoms with van der Waals surface area (Å²) in [5.41, 5.74) is 4.03. The highest BCUT2D eigenvalue weighted by molar-refractivity contribution is 5.95. The van der Waals surface area contributed by atoms with Gasteiger partial charge in [0.15, 0.2) is 0 Å². The largest absolute Gasteiger partial charge is 0.337 e. The molecule has 0 radical (unpaired) electrons. The van der Waals surface area contributed by atoms with Crippen molar-refractivity contribution in [2.24, 2.45) is 0 Å². The van der Waals surface area contributed by atoms with Crippen molar-refractivity contribution in [3.8, 4) is 0 Å². The van der Waals surface area contributed by atoms with Crippen LogP contribution in [0.15, 0.2) is 66.9 Å². The smallest absolute Gasteiger partial charge is 0.257 e. The lowest BCUT2D eigenvalue weighted by Gasteiger charge is -2.18. The zero-order valence-corrected chi connectivity index (χ0v) is 15.4. The third-order valence-electron chi connectivity index (χ3n) is 4.45. The standard InChI is InChI=1S/C22H25N3O/c1-3-10-21-20(15-23-25(21)17-19-13-8-5-9-14-19)22(26)24(2)16-18-11-6-4-7-12-18/h4-9,11-15H,3,10,16-17H2,1-2H3. The monoisotopic (exact) mass is 347 g/mol. The maximum atomic E-state index is 13.0. The summed E-state index contributed by atoms with van der Waals surface area (Å²) >= 11 is 0. The summed E-state index contributed by atoms with van der Waals surface area (Å²) in [6.07, 6.45) is 3.54. The molecule has 1 amide bonds. The Morgan fingerprint density at radius 3 is 2.23 bits per heavy atom. The van der Waals surface area contributed by atoms with Crippen molar-refractivity contribution in [1.82, 2.24) is 14.7 Å². The molecule has 134 valence electrons. The van der Waals surface area contributed by atoms with Gasteiger partial charge in [0.25, 0.3) is 5.91 Å². The van der Waals surface area contributed by atoms with Crippen LogP contribution in [0.25, 0.3) is 0 Å². The Morgan fingerprint density at radius 1 is 1.00 bits per heavy atom. The molecule has 0 aliphatic heterocycles. The molecular formula is C22H25N3O. The van der Waals surface area contributed by atoms with E-state index in [9.17, 15) is 4.79 Å². The second-order valence-corrected chi connectivity index (χ2v) is 6.54. The fourth-order valence-corrected chi connectivity index (χ4v) is 3.12. The van der Waals surface area contributed by atoms with E-state index in [2.05, 4.69) is 24.2 Å². The molecule has 1 heterocycles. The summed E-state index contributed by atoms with van der Waals surface area (Å²) < 4.78 is 1.96. The Kier molecular flexibility index (Phi) is 5.84. The van der Waals surface area contributed by atoms with Gasteiger partial charge in [0.1, 0.15) is 0 Å². The van der Waals surface area contributed by atoms with Crippen LogP contribution in [0.2, 0.25) is 0 Å². The Hall–Kier alpha value is -2.88. The summed E-state index contributed by atoms with van der Waals surface area (Å²) in [7, 11) is 1.85. The van der Waals surface area contributed by atoms with Gasteiger partial charge in [-0.1, -0.05) is 74.0 Å². The Labute approximate surface area is 155 Å². The maximum Gasteiger partial charge on any atom is 0.257 e. The fourth-order valence-electron chi connectivity index (χ4n) is 3.12. The van der Waals surface area contributed by atoms with E-state index < -0.39 is 0 Å². The van der Waals surface area contributed by atoms with Crippen LogP contribution < -0.4 is 0 Å². The highest BCUT2D eigenvalue weighted by Crippen LogP contribution is 2.16. The van der Waals surface area contributed by atoms with Crippen molar-refractivity contribution in [3.05, 3.63) is 89.2 Å². The fraction of sp³-hybridized carbons (Fsp3) is 0.273. The average Bonchev–Trinajstić information content (AvgIpc) is 3.05. The Morgan fingerprint density at radius 2 is 1.62 bits per heavy atom. The molecule has 4 nitrogen and oxygen atoms in total. The molecule has 1 aromatic heterocycles. The zero-order chi connectivity index (χ0) is 18.4. The predicted molar refractivity (Wildman–Crippen MR) is 104 cm³/mol. The number of carbonyl (C=O) groups is 1. The molecule has 0 atom stereocenters. The minimum absolute atomic E-state index is 0.0246. The Balaban J connectivity index is 1.81. The molecule has 3 rings (SSSR count). The van der Waals surface area contributed by atoms with Gasteiger partial charge in [0, 0.05) is 13.6 Å². The third-order valence-corrected chi connectivity index (χ3v) is 4.45. The Bertz CT molecular complexity index is 840. The summed E-state index contributed by atoms with van der Waals surface area (Å²) in [5.74, 6) is 0.0246. The van der Waals surface area contributed by atoms with Crippen LogP contribution in [-0.2, 0) is 19.5 Å². The molecule has 0 aliphatic carbocycles. The number of benzene rings is 2. The second-order valence-electron chi connectivity index (χ2n) is 6.54. The van der Waals surface area contributed by atoms with E-state index in [4.69, 9.17) is 0 Å². The van der Waals surface area contributed by atoms with Gasteiger partial charge in [-0.15, -0.1) is 0 Å². The average molecular weight is 347 g/mol. The summed E-state index contributed by atoms with van der Waals surface area (Å²) in [5, 5.41) is 4.51. The van der Waals surface area contributed by atoms with E-state index >= 15 is 0 Å². The number of amides is 1. The highest BCUT2D eigenvalue weighted by atomic mass is 16.2. The lowest BCUT2D eigenvalue weighted by molar-refractivity contribution is 0.0784. The molecule has 0 spiro atoms. The normalized spacial score (nSPS) is 10.7. The minimum Gasteiger partial charge on any atom is -0.337 e. The number of carbonyl (C=O) groups excluding carboxylic acids is 1. The summed E-state index contributed by atoms with van der Waals surface area (Å²) in [4.78, 5) is 14.7. The molecule has 4 heteroatoms. The molecular weight excluding hydrogens is 322 g/mol. The lowest BCUT2D eigenvalue weighted by atomic mass is 10.1. The van der Waals surface area contributed by atoms with E-state index in [1.807, 2.05) is 60.3 Å². The van der Waals surface area contributed by atoms with Gasteiger partial charge in [0.05, 0.1) is 24.0 Å². The number of aromatic nitrogens is 2. The third kappa shape index (κ3) is 4.20. The molecule has 0 bridgehead atoms. The van der Waals surface area contributed by atoms with Crippen molar-refractivity contribution in [3.63, 3.8) is 0 Å². The van der Waals surface area contributed by atoms with Gasteiger partial charge in [-0.25, -0.2) is 0 Å². The molecule has 0 unspecified atom stereocenters. The molecule has 3 aromatic rings. The van der Waals surface area contributed by atoms with Gasteiger partial charge >= 0.3 is 0 Å². The maximum absolute atomic E-state index is 13.0. The van der Waals surface area contributed by atoms with Crippen LogP contribution >= 0.6 is 0 Å². The number of hydrogen-bond donors (Lipinski definition) is 0. The molecule has 0 aliphatic rings. The summed E-state index contributed by atoms with van der Waals surface area (Å²) in [6.45, 7) is 3.41. The predicted octanol–water partition coefficient (Wildman–Crippen LogP) is 4.16. The van der Waals surface area contributed by atoms with E-state index in [-0.39, 0.29) is 5.91 Å². The highest BCUT2D eigenvalue weighted by Gasteiger charge is 2.20. The topological polar surface area (TPSA) is 38.1 Å². The van der Waals surface area contributed by atoms with Crippen LogP contribution in [-0.4, -0.2) is 27.6 Å². The molecule has 26 heavy (non-hydrogen) atoms. The van der Waals surface area contributed by atoms with Crippen molar-refractivity contribution in [2.45, 2.75) is 32.9 Å². The van der Waals surface area contributed by atoms with Crippen molar-refractivity contribution in [1.29, 1.82) is 0 Å². The van der Waals surface area contributed by atoms with E-state index in [1.54, 1.807) is 11.1 Å². The van der Waals surface area contributed by atoms with Crippen LogP contribution in [0.5, 0.6) is 0 Å². The van der Waals surface area contributed by atoms with E-state index in [0.717, 1.165) is 24.1 Å². The first kappa shape index (κ1) is 17.9.